The second-order valence-electron chi connectivity index (χ2n) is 4.19. The first-order valence-corrected chi connectivity index (χ1v) is 8.07. The van der Waals surface area contributed by atoms with Gasteiger partial charge < -0.3 is 5.73 Å². The summed E-state index contributed by atoms with van der Waals surface area (Å²) < 4.78 is 53.6. The summed E-state index contributed by atoms with van der Waals surface area (Å²) in [5, 5.41) is 0. The van der Waals surface area contributed by atoms with Crippen LogP contribution < -0.4 is 10.5 Å². The SMILES string of the molecule is NCc1cc(S(=O)(=O)Nc2cc(F)ccc2Br)ccc1F. The minimum absolute atomic E-state index is 0.0497. The zero-order chi connectivity index (χ0) is 15.6. The van der Waals surface area contributed by atoms with Crippen LogP contribution in [0.4, 0.5) is 14.5 Å². The van der Waals surface area contributed by atoms with E-state index in [1.807, 2.05) is 0 Å². The molecular formula is C13H11BrF2N2O2S. The highest BCUT2D eigenvalue weighted by atomic mass is 79.9. The average molecular weight is 377 g/mol. The van der Waals surface area contributed by atoms with Gasteiger partial charge in [0.05, 0.1) is 10.6 Å². The molecule has 0 radical (unpaired) electrons. The Kier molecular flexibility index (Phi) is 4.60. The van der Waals surface area contributed by atoms with Gasteiger partial charge in [-0.3, -0.25) is 4.72 Å². The van der Waals surface area contributed by atoms with Gasteiger partial charge in [-0.15, -0.1) is 0 Å². The lowest BCUT2D eigenvalue weighted by Crippen LogP contribution is -2.14. The van der Waals surface area contributed by atoms with E-state index < -0.39 is 21.7 Å². The Balaban J connectivity index is 2.41. The fourth-order valence-corrected chi connectivity index (χ4v) is 3.25. The van der Waals surface area contributed by atoms with Crippen molar-refractivity contribution >= 4 is 31.6 Å². The lowest BCUT2D eigenvalue weighted by molar-refractivity contribution is 0.596. The summed E-state index contributed by atoms with van der Waals surface area (Å²) in [6.07, 6.45) is 0. The van der Waals surface area contributed by atoms with E-state index in [4.69, 9.17) is 5.73 Å². The Hall–Kier alpha value is -1.51. The Morgan fingerprint density at radius 3 is 2.52 bits per heavy atom. The highest BCUT2D eigenvalue weighted by molar-refractivity contribution is 9.10. The zero-order valence-corrected chi connectivity index (χ0v) is 13.0. The third-order valence-electron chi connectivity index (χ3n) is 2.72. The van der Waals surface area contributed by atoms with Gasteiger partial charge in [0.2, 0.25) is 0 Å². The Bertz CT molecular complexity index is 782. The molecule has 0 aliphatic heterocycles. The second kappa shape index (κ2) is 6.08. The highest BCUT2D eigenvalue weighted by Crippen LogP contribution is 2.26. The molecule has 2 aromatic rings. The molecule has 2 rings (SSSR count). The molecule has 0 saturated heterocycles. The summed E-state index contributed by atoms with van der Waals surface area (Å²) in [6.45, 7) is -0.126. The van der Waals surface area contributed by atoms with Crippen molar-refractivity contribution in [3.8, 4) is 0 Å². The molecule has 0 amide bonds. The Morgan fingerprint density at radius 2 is 1.86 bits per heavy atom. The lowest BCUT2D eigenvalue weighted by atomic mass is 10.2. The monoisotopic (exact) mass is 376 g/mol. The molecule has 3 N–H and O–H groups in total. The normalized spacial score (nSPS) is 11.4. The number of rotatable bonds is 4. The largest absolute Gasteiger partial charge is 0.326 e. The van der Waals surface area contributed by atoms with Crippen molar-refractivity contribution in [3.63, 3.8) is 0 Å². The first-order chi connectivity index (χ1) is 9.83. The molecular weight excluding hydrogens is 366 g/mol. The number of hydrogen-bond donors (Lipinski definition) is 2. The van der Waals surface area contributed by atoms with E-state index in [2.05, 4.69) is 20.7 Å². The number of hydrogen-bond acceptors (Lipinski definition) is 3. The maximum Gasteiger partial charge on any atom is 0.261 e. The van der Waals surface area contributed by atoms with E-state index in [0.717, 1.165) is 24.3 Å². The third-order valence-corrected chi connectivity index (χ3v) is 4.77. The Labute approximate surface area is 129 Å². The van der Waals surface area contributed by atoms with Crippen molar-refractivity contribution in [2.75, 3.05) is 4.72 Å². The van der Waals surface area contributed by atoms with Crippen molar-refractivity contribution in [1.29, 1.82) is 0 Å². The third kappa shape index (κ3) is 3.58. The van der Waals surface area contributed by atoms with Crippen molar-refractivity contribution < 1.29 is 17.2 Å². The van der Waals surface area contributed by atoms with Crippen LogP contribution in [0.15, 0.2) is 45.8 Å². The predicted octanol–water partition coefficient (Wildman–Crippen LogP) is 2.99. The van der Waals surface area contributed by atoms with Gasteiger partial charge in [0.1, 0.15) is 11.6 Å². The molecule has 0 unspecified atom stereocenters. The van der Waals surface area contributed by atoms with Gasteiger partial charge in [-0.25, -0.2) is 17.2 Å². The van der Waals surface area contributed by atoms with Crippen molar-refractivity contribution in [2.45, 2.75) is 11.4 Å². The molecule has 21 heavy (non-hydrogen) atoms. The van der Waals surface area contributed by atoms with Gasteiger partial charge in [-0.1, -0.05) is 0 Å². The molecule has 112 valence electrons. The first kappa shape index (κ1) is 15.9. The molecule has 0 saturated carbocycles. The van der Waals surface area contributed by atoms with E-state index in [1.165, 1.54) is 12.1 Å². The van der Waals surface area contributed by atoms with E-state index in [0.29, 0.717) is 4.47 Å². The molecule has 0 heterocycles. The quantitative estimate of drug-likeness (QED) is 0.861. The van der Waals surface area contributed by atoms with Gasteiger partial charge in [0, 0.05) is 16.6 Å². The fraction of sp³-hybridized carbons (Fsp3) is 0.0769. The Morgan fingerprint density at radius 1 is 1.14 bits per heavy atom. The average Bonchev–Trinajstić information content (AvgIpc) is 2.43. The van der Waals surface area contributed by atoms with Crippen LogP contribution in [0.25, 0.3) is 0 Å². The van der Waals surface area contributed by atoms with Crippen LogP contribution in [0.2, 0.25) is 0 Å². The van der Waals surface area contributed by atoms with Gasteiger partial charge in [-0.05, 0) is 52.3 Å². The molecule has 0 atom stereocenters. The smallest absolute Gasteiger partial charge is 0.261 e. The first-order valence-electron chi connectivity index (χ1n) is 5.80. The summed E-state index contributed by atoms with van der Waals surface area (Å²) in [6, 6.07) is 6.89. The number of nitrogens with two attached hydrogens (primary N) is 1. The summed E-state index contributed by atoms with van der Waals surface area (Å²) in [4.78, 5) is -0.152. The molecule has 0 spiro atoms. The maximum absolute atomic E-state index is 13.3. The van der Waals surface area contributed by atoms with Crippen LogP contribution in [-0.4, -0.2) is 8.42 Å². The van der Waals surface area contributed by atoms with Gasteiger partial charge in [-0.2, -0.15) is 0 Å². The number of sulfonamides is 1. The minimum Gasteiger partial charge on any atom is -0.326 e. The molecule has 2 aromatic carbocycles. The molecule has 0 aliphatic carbocycles. The molecule has 4 nitrogen and oxygen atoms in total. The van der Waals surface area contributed by atoms with Gasteiger partial charge in [0.25, 0.3) is 10.0 Å². The van der Waals surface area contributed by atoms with Gasteiger partial charge >= 0.3 is 0 Å². The summed E-state index contributed by atoms with van der Waals surface area (Å²) in [5.41, 5.74) is 5.48. The topological polar surface area (TPSA) is 72.2 Å². The van der Waals surface area contributed by atoms with Gasteiger partial charge in [0.15, 0.2) is 0 Å². The van der Waals surface area contributed by atoms with Crippen molar-refractivity contribution in [2.24, 2.45) is 5.73 Å². The number of nitrogens with one attached hydrogen (secondary N) is 1. The molecule has 8 heteroatoms. The van der Waals surface area contributed by atoms with Crippen LogP contribution >= 0.6 is 15.9 Å². The standard InChI is InChI=1S/C13H11BrF2N2O2S/c14-11-3-1-9(15)6-13(11)18-21(19,20)10-2-4-12(16)8(5-10)7-17/h1-6,18H,7,17H2. The van der Waals surface area contributed by atoms with Crippen molar-refractivity contribution in [1.82, 2.24) is 0 Å². The number of benzene rings is 2. The van der Waals surface area contributed by atoms with E-state index >= 15 is 0 Å². The summed E-state index contributed by atoms with van der Waals surface area (Å²) >= 11 is 3.12. The highest BCUT2D eigenvalue weighted by Gasteiger charge is 2.17. The lowest BCUT2D eigenvalue weighted by Gasteiger charge is -2.11. The molecule has 0 aromatic heterocycles. The number of anilines is 1. The van der Waals surface area contributed by atoms with Crippen LogP contribution in [0, 0.1) is 11.6 Å². The fourth-order valence-electron chi connectivity index (χ4n) is 1.65. The minimum atomic E-state index is -3.97. The molecule has 0 bridgehead atoms. The van der Waals surface area contributed by atoms with Crippen LogP contribution in [0.5, 0.6) is 0 Å². The van der Waals surface area contributed by atoms with E-state index in [-0.39, 0.29) is 22.7 Å². The second-order valence-corrected chi connectivity index (χ2v) is 6.72. The molecule has 0 aliphatic rings. The molecule has 0 fully saturated rings. The summed E-state index contributed by atoms with van der Waals surface area (Å²) in [5.74, 6) is -1.17. The summed E-state index contributed by atoms with van der Waals surface area (Å²) in [7, 11) is -3.97. The maximum atomic E-state index is 13.3. The number of halogens is 3. The zero-order valence-electron chi connectivity index (χ0n) is 10.6. The van der Waals surface area contributed by atoms with Crippen LogP contribution in [0.1, 0.15) is 5.56 Å². The van der Waals surface area contributed by atoms with Crippen LogP contribution in [0.3, 0.4) is 0 Å². The van der Waals surface area contributed by atoms with Crippen LogP contribution in [-0.2, 0) is 16.6 Å². The van der Waals surface area contributed by atoms with Crippen molar-refractivity contribution in [3.05, 3.63) is 58.1 Å². The predicted molar refractivity (Wildman–Crippen MR) is 79.2 cm³/mol. The van der Waals surface area contributed by atoms with E-state index in [9.17, 15) is 17.2 Å². The van der Waals surface area contributed by atoms with E-state index in [1.54, 1.807) is 0 Å².